The number of aromatic amines is 1. The zero-order chi connectivity index (χ0) is 25.7. The van der Waals surface area contributed by atoms with Crippen molar-refractivity contribution in [1.29, 1.82) is 0 Å². The zero-order valence-electron chi connectivity index (χ0n) is 20.0. The molecule has 2 aliphatic rings. The number of esters is 1. The van der Waals surface area contributed by atoms with Gasteiger partial charge in [0.1, 0.15) is 23.0 Å². The molecule has 1 atom stereocenters. The van der Waals surface area contributed by atoms with Crippen molar-refractivity contribution in [3.8, 4) is 23.0 Å². The Morgan fingerprint density at radius 2 is 1.78 bits per heavy atom. The molecule has 0 radical (unpaired) electrons. The molecule has 37 heavy (non-hydrogen) atoms. The number of benzene rings is 3. The van der Waals surface area contributed by atoms with Crippen molar-refractivity contribution in [2.75, 3.05) is 14.2 Å². The van der Waals surface area contributed by atoms with Crippen LogP contribution >= 0.6 is 0 Å². The highest BCUT2D eigenvalue weighted by Crippen LogP contribution is 2.48. The number of Topliss-reactive ketones (excluding diaryl/α,β-unsaturated/α-hetero) is 1. The lowest BCUT2D eigenvalue weighted by Gasteiger charge is -2.26. The SMILES string of the molecule is COc1ccc(/C=C2\Oc3c(ccc4c3[C@H](c3cc5ccccc5[nH]c3=O)CC(=O)O4)C2=O)c(OC)c1. The number of methoxy groups -OCH3 is 2. The first-order chi connectivity index (χ1) is 18.0. The number of fused-ring (bicyclic) bond motifs is 4. The minimum absolute atomic E-state index is 0.0617. The lowest BCUT2D eigenvalue weighted by molar-refractivity contribution is -0.135. The number of allylic oxidation sites excluding steroid dienone is 1. The molecule has 8 heteroatoms. The Kier molecular flexibility index (Phi) is 5.30. The number of H-pyrrole nitrogens is 1. The number of nitrogens with one attached hydrogen (secondary N) is 1. The van der Waals surface area contributed by atoms with Crippen molar-refractivity contribution in [3.05, 3.63) is 99.0 Å². The second-order valence-electron chi connectivity index (χ2n) is 8.77. The van der Waals surface area contributed by atoms with Crippen LogP contribution in [-0.2, 0) is 4.79 Å². The van der Waals surface area contributed by atoms with Crippen molar-refractivity contribution in [3.63, 3.8) is 0 Å². The fourth-order valence-electron chi connectivity index (χ4n) is 4.87. The van der Waals surface area contributed by atoms with E-state index in [1.165, 1.54) is 7.11 Å². The van der Waals surface area contributed by atoms with Crippen LogP contribution in [-0.4, -0.2) is 31.0 Å². The average molecular weight is 495 g/mol. The Morgan fingerprint density at radius 3 is 2.59 bits per heavy atom. The van der Waals surface area contributed by atoms with Crippen LogP contribution in [0.4, 0.5) is 0 Å². The first-order valence-electron chi connectivity index (χ1n) is 11.6. The molecule has 3 heterocycles. The fourth-order valence-corrected chi connectivity index (χ4v) is 4.87. The van der Waals surface area contributed by atoms with Crippen LogP contribution in [0.3, 0.4) is 0 Å². The summed E-state index contributed by atoms with van der Waals surface area (Å²) in [5, 5.41) is 0.828. The van der Waals surface area contributed by atoms with Crippen LogP contribution in [0.1, 0.15) is 39.4 Å². The van der Waals surface area contributed by atoms with Gasteiger partial charge in [0.05, 0.1) is 26.2 Å². The summed E-state index contributed by atoms with van der Waals surface area (Å²) in [6.45, 7) is 0. The molecule has 184 valence electrons. The molecular formula is C29H21NO7. The van der Waals surface area contributed by atoms with E-state index in [1.807, 2.05) is 24.3 Å². The maximum absolute atomic E-state index is 13.3. The topological polar surface area (TPSA) is 104 Å². The summed E-state index contributed by atoms with van der Waals surface area (Å²) < 4.78 is 22.3. The average Bonchev–Trinajstić information content (AvgIpc) is 3.22. The first-order valence-corrected chi connectivity index (χ1v) is 11.6. The Morgan fingerprint density at radius 1 is 0.946 bits per heavy atom. The van der Waals surface area contributed by atoms with Crippen molar-refractivity contribution in [2.24, 2.45) is 0 Å². The molecule has 0 amide bonds. The molecule has 8 nitrogen and oxygen atoms in total. The molecule has 0 saturated heterocycles. The van der Waals surface area contributed by atoms with E-state index in [1.54, 1.807) is 49.6 Å². The summed E-state index contributed by atoms with van der Waals surface area (Å²) in [6.07, 6.45) is 1.54. The third kappa shape index (κ3) is 3.74. The number of aromatic nitrogens is 1. The highest BCUT2D eigenvalue weighted by Gasteiger charge is 2.39. The van der Waals surface area contributed by atoms with Crippen molar-refractivity contribution >= 4 is 28.7 Å². The minimum atomic E-state index is -0.651. The van der Waals surface area contributed by atoms with Gasteiger partial charge >= 0.3 is 5.97 Å². The Hall–Kier alpha value is -4.85. The molecule has 2 aliphatic heterocycles. The van der Waals surface area contributed by atoms with Crippen LogP contribution in [0.15, 0.2) is 71.2 Å². The van der Waals surface area contributed by atoms with Gasteiger partial charge in [-0.2, -0.15) is 0 Å². The van der Waals surface area contributed by atoms with Gasteiger partial charge in [-0.05, 0) is 47.9 Å². The number of rotatable bonds is 4. The van der Waals surface area contributed by atoms with E-state index in [-0.39, 0.29) is 35.0 Å². The van der Waals surface area contributed by atoms with E-state index < -0.39 is 11.9 Å². The lowest BCUT2D eigenvalue weighted by atomic mass is 9.85. The summed E-state index contributed by atoms with van der Waals surface area (Å²) in [5.41, 5.74) is 2.23. The van der Waals surface area contributed by atoms with E-state index in [4.69, 9.17) is 18.9 Å². The first kappa shape index (κ1) is 22.6. The quantitative estimate of drug-likeness (QED) is 0.251. The highest BCUT2D eigenvalue weighted by molar-refractivity contribution is 6.15. The number of ether oxygens (including phenoxy) is 4. The largest absolute Gasteiger partial charge is 0.497 e. The van der Waals surface area contributed by atoms with Crippen molar-refractivity contribution < 1.29 is 28.5 Å². The molecule has 6 rings (SSSR count). The standard InChI is InChI=1S/C29H21NO7/c1-34-17-8-7-16(23(13-17)35-2)12-24-27(32)18-9-10-22-26(28(18)37-24)19(14-25(31)36-22)20-11-15-5-3-4-6-21(15)30-29(20)33/h3-13,19H,14H2,1-2H3,(H,30,33)/b24-12-/t19-/m0/s1. The summed E-state index contributed by atoms with van der Waals surface area (Å²) >= 11 is 0. The maximum atomic E-state index is 13.3. The van der Waals surface area contributed by atoms with Crippen LogP contribution < -0.4 is 24.5 Å². The number of hydrogen-bond donors (Lipinski definition) is 1. The molecule has 0 spiro atoms. The van der Waals surface area contributed by atoms with Gasteiger partial charge in [0.15, 0.2) is 5.76 Å². The number of para-hydroxylation sites is 1. The van der Waals surface area contributed by atoms with Crippen LogP contribution in [0.25, 0.3) is 17.0 Å². The highest BCUT2D eigenvalue weighted by atomic mass is 16.5. The number of pyridine rings is 1. The van der Waals surface area contributed by atoms with E-state index >= 15 is 0 Å². The molecule has 0 saturated carbocycles. The second kappa shape index (κ2) is 8.67. The molecule has 1 aromatic heterocycles. The van der Waals surface area contributed by atoms with E-state index in [9.17, 15) is 14.4 Å². The third-order valence-corrected chi connectivity index (χ3v) is 6.66. The normalized spacial score (nSPS) is 17.2. The molecule has 1 N–H and O–H groups in total. The predicted octanol–water partition coefficient (Wildman–Crippen LogP) is 4.60. The molecule has 0 bridgehead atoms. The molecule has 3 aromatic carbocycles. The summed E-state index contributed by atoms with van der Waals surface area (Å²) in [4.78, 5) is 41.8. The molecule has 4 aromatic rings. The number of carbonyl (C=O) groups is 2. The smallest absolute Gasteiger partial charge is 0.312 e. The van der Waals surface area contributed by atoms with Crippen LogP contribution in [0.2, 0.25) is 0 Å². The van der Waals surface area contributed by atoms with E-state index in [2.05, 4.69) is 4.98 Å². The van der Waals surface area contributed by atoms with Gasteiger partial charge in [0.2, 0.25) is 5.78 Å². The number of carbonyl (C=O) groups excluding carboxylic acids is 2. The monoisotopic (exact) mass is 495 g/mol. The summed E-state index contributed by atoms with van der Waals surface area (Å²) in [6, 6.07) is 17.6. The number of hydrogen-bond acceptors (Lipinski definition) is 7. The van der Waals surface area contributed by atoms with Gasteiger partial charge in [0.25, 0.3) is 5.56 Å². The molecular weight excluding hydrogens is 474 g/mol. The van der Waals surface area contributed by atoms with Gasteiger partial charge in [-0.3, -0.25) is 14.4 Å². The summed E-state index contributed by atoms with van der Waals surface area (Å²) in [7, 11) is 3.08. The molecule has 0 fully saturated rings. The van der Waals surface area contributed by atoms with Gasteiger partial charge in [0, 0.05) is 34.2 Å². The van der Waals surface area contributed by atoms with Gasteiger partial charge in [-0.25, -0.2) is 0 Å². The van der Waals surface area contributed by atoms with Gasteiger partial charge in [-0.1, -0.05) is 18.2 Å². The van der Waals surface area contributed by atoms with Crippen LogP contribution in [0.5, 0.6) is 23.0 Å². The van der Waals surface area contributed by atoms with E-state index in [0.717, 1.165) is 5.39 Å². The van der Waals surface area contributed by atoms with Crippen molar-refractivity contribution in [1.82, 2.24) is 4.98 Å². The molecule has 0 aliphatic carbocycles. The predicted molar refractivity (Wildman–Crippen MR) is 136 cm³/mol. The fraction of sp³-hybridized carbons (Fsp3) is 0.138. The Balaban J connectivity index is 1.48. The lowest BCUT2D eigenvalue weighted by Crippen LogP contribution is -2.26. The van der Waals surface area contributed by atoms with Crippen molar-refractivity contribution in [2.45, 2.75) is 12.3 Å². The minimum Gasteiger partial charge on any atom is -0.497 e. The molecule has 0 unspecified atom stereocenters. The Bertz CT molecular complexity index is 1700. The third-order valence-electron chi connectivity index (χ3n) is 6.66. The van der Waals surface area contributed by atoms with Crippen LogP contribution in [0, 0.1) is 0 Å². The number of ketones is 1. The van der Waals surface area contributed by atoms with Gasteiger partial charge in [-0.15, -0.1) is 0 Å². The van der Waals surface area contributed by atoms with E-state index in [0.29, 0.717) is 39.3 Å². The Labute approximate surface area is 211 Å². The second-order valence-corrected chi connectivity index (χ2v) is 8.77. The zero-order valence-corrected chi connectivity index (χ0v) is 20.0. The van der Waals surface area contributed by atoms with Gasteiger partial charge < -0.3 is 23.9 Å². The maximum Gasteiger partial charge on any atom is 0.312 e. The summed E-state index contributed by atoms with van der Waals surface area (Å²) in [5.74, 6) is 0.329.